The first-order valence-electron chi connectivity index (χ1n) is 4.71. The molecule has 0 aliphatic rings. The highest BCUT2D eigenvalue weighted by atomic mass is 19.4. The minimum Gasteiger partial charge on any atom is -0.465 e. The summed E-state index contributed by atoms with van der Waals surface area (Å²) >= 11 is 0. The van der Waals surface area contributed by atoms with Gasteiger partial charge in [-0.25, -0.2) is 9.18 Å². The maximum absolute atomic E-state index is 13.2. The van der Waals surface area contributed by atoms with Gasteiger partial charge in [0.1, 0.15) is 17.0 Å². The molecule has 2 aromatic rings. The van der Waals surface area contributed by atoms with Gasteiger partial charge in [-0.05, 0) is 18.2 Å². The summed E-state index contributed by atoms with van der Waals surface area (Å²) in [6, 6.07) is 2.24. The molecule has 0 saturated carbocycles. The zero-order valence-corrected chi connectivity index (χ0v) is 8.97. The smallest absolute Gasteiger partial charge is 0.449 e. The molecule has 1 heterocycles. The Bertz CT molecular complexity index is 613. The van der Waals surface area contributed by atoms with Crippen molar-refractivity contribution in [3.8, 4) is 0 Å². The van der Waals surface area contributed by atoms with Crippen molar-refractivity contribution in [2.75, 3.05) is 7.11 Å². The van der Waals surface area contributed by atoms with Crippen LogP contribution in [0.5, 0.6) is 0 Å². The number of fused-ring (bicyclic) bond motifs is 1. The van der Waals surface area contributed by atoms with E-state index < -0.39 is 23.7 Å². The van der Waals surface area contributed by atoms with Gasteiger partial charge in [0.25, 0.3) is 0 Å². The molecule has 0 spiro atoms. The number of hydrogen-bond donors (Lipinski definition) is 0. The normalized spacial score (nSPS) is 11.8. The lowest BCUT2D eigenvalue weighted by atomic mass is 10.1. The van der Waals surface area contributed by atoms with Crippen molar-refractivity contribution in [2.45, 2.75) is 6.18 Å². The first kappa shape index (κ1) is 12.4. The number of alkyl halides is 3. The summed E-state index contributed by atoms with van der Waals surface area (Å²) < 4.78 is 59.4. The Morgan fingerprint density at radius 1 is 1.28 bits per heavy atom. The Hall–Kier alpha value is -2.05. The number of rotatable bonds is 1. The third kappa shape index (κ3) is 2.03. The van der Waals surface area contributed by atoms with E-state index in [1.165, 1.54) is 0 Å². The van der Waals surface area contributed by atoms with Crippen LogP contribution in [0.2, 0.25) is 0 Å². The van der Waals surface area contributed by atoms with E-state index in [9.17, 15) is 22.4 Å². The summed E-state index contributed by atoms with van der Waals surface area (Å²) in [6.45, 7) is 0. The van der Waals surface area contributed by atoms with Gasteiger partial charge in [0.15, 0.2) is 0 Å². The topological polar surface area (TPSA) is 39.4 Å². The van der Waals surface area contributed by atoms with Gasteiger partial charge in [-0.15, -0.1) is 0 Å². The third-order valence-electron chi connectivity index (χ3n) is 2.27. The first-order chi connectivity index (χ1) is 8.32. The van der Waals surface area contributed by atoms with E-state index in [4.69, 9.17) is 0 Å². The highest BCUT2D eigenvalue weighted by molar-refractivity contribution is 6.02. The zero-order chi connectivity index (χ0) is 13.5. The Labute approximate surface area is 97.9 Å². The Balaban J connectivity index is 2.72. The minimum atomic E-state index is -4.71. The molecule has 2 rings (SSSR count). The van der Waals surface area contributed by atoms with Crippen LogP contribution in [0.25, 0.3) is 11.0 Å². The molecule has 0 unspecified atom stereocenters. The van der Waals surface area contributed by atoms with E-state index in [-0.39, 0.29) is 16.5 Å². The van der Waals surface area contributed by atoms with Crippen molar-refractivity contribution in [1.82, 2.24) is 0 Å². The second kappa shape index (κ2) is 4.01. The van der Waals surface area contributed by atoms with E-state index in [1.807, 2.05) is 0 Å². The zero-order valence-electron chi connectivity index (χ0n) is 8.97. The standard InChI is InChI=1S/C11H6F4O3/c1-17-10(16)7-4-6(12)2-5-3-8(11(13,14)15)18-9(5)7/h2-4H,1H3. The summed E-state index contributed by atoms with van der Waals surface area (Å²) in [5.41, 5.74) is -0.737. The fraction of sp³-hybridized carbons (Fsp3) is 0.182. The quantitative estimate of drug-likeness (QED) is 0.584. The maximum Gasteiger partial charge on any atom is 0.449 e. The molecule has 0 bridgehead atoms. The molecule has 1 aromatic heterocycles. The number of methoxy groups -OCH3 is 1. The maximum atomic E-state index is 13.2. The predicted molar refractivity (Wildman–Crippen MR) is 52.5 cm³/mol. The number of carbonyl (C=O) groups excluding carboxylic acids is 1. The van der Waals surface area contributed by atoms with E-state index in [0.29, 0.717) is 6.07 Å². The largest absolute Gasteiger partial charge is 0.465 e. The fourth-order valence-electron chi connectivity index (χ4n) is 1.52. The van der Waals surface area contributed by atoms with Crippen LogP contribution < -0.4 is 0 Å². The lowest BCUT2D eigenvalue weighted by molar-refractivity contribution is -0.152. The number of ether oxygens (including phenoxy) is 1. The van der Waals surface area contributed by atoms with Gasteiger partial charge in [0.2, 0.25) is 5.76 Å². The molecular weight excluding hydrogens is 256 g/mol. The summed E-state index contributed by atoms with van der Waals surface area (Å²) in [4.78, 5) is 11.3. The molecule has 0 aliphatic heterocycles. The van der Waals surface area contributed by atoms with Gasteiger partial charge in [-0.3, -0.25) is 0 Å². The molecule has 0 atom stereocenters. The van der Waals surface area contributed by atoms with Gasteiger partial charge in [0, 0.05) is 5.39 Å². The summed E-state index contributed by atoms with van der Waals surface area (Å²) in [5, 5.41) is -0.150. The molecule has 0 fully saturated rings. The van der Waals surface area contributed by atoms with E-state index >= 15 is 0 Å². The Morgan fingerprint density at radius 3 is 2.50 bits per heavy atom. The monoisotopic (exact) mass is 262 g/mol. The Morgan fingerprint density at radius 2 is 1.94 bits per heavy atom. The highest BCUT2D eigenvalue weighted by Gasteiger charge is 2.36. The number of carbonyl (C=O) groups is 1. The Kier molecular flexibility index (Phi) is 2.76. The molecule has 0 N–H and O–H groups in total. The van der Waals surface area contributed by atoms with Crippen molar-refractivity contribution < 1.29 is 31.5 Å². The molecule has 0 aliphatic carbocycles. The van der Waals surface area contributed by atoms with Gasteiger partial charge in [-0.2, -0.15) is 13.2 Å². The van der Waals surface area contributed by atoms with Gasteiger partial charge in [0.05, 0.1) is 7.11 Å². The lowest BCUT2D eigenvalue weighted by Crippen LogP contribution is -2.03. The van der Waals surface area contributed by atoms with Gasteiger partial charge in [-0.1, -0.05) is 0 Å². The van der Waals surface area contributed by atoms with Gasteiger partial charge < -0.3 is 9.15 Å². The molecule has 0 saturated heterocycles. The van der Waals surface area contributed by atoms with Crippen LogP contribution in [-0.2, 0) is 10.9 Å². The third-order valence-corrected chi connectivity index (χ3v) is 2.27. The van der Waals surface area contributed by atoms with Crippen LogP contribution >= 0.6 is 0 Å². The van der Waals surface area contributed by atoms with E-state index in [1.54, 1.807) is 0 Å². The molecule has 0 amide bonds. The molecule has 1 aromatic carbocycles. The summed E-state index contributed by atoms with van der Waals surface area (Å²) in [5.74, 6) is -3.12. The molecule has 96 valence electrons. The van der Waals surface area contributed by atoms with Crippen molar-refractivity contribution in [3.05, 3.63) is 35.3 Å². The highest BCUT2D eigenvalue weighted by Crippen LogP contribution is 2.35. The number of furan rings is 1. The lowest BCUT2D eigenvalue weighted by Gasteiger charge is -2.01. The molecule has 18 heavy (non-hydrogen) atoms. The number of hydrogen-bond acceptors (Lipinski definition) is 3. The number of benzene rings is 1. The van der Waals surface area contributed by atoms with E-state index in [0.717, 1.165) is 19.2 Å². The van der Waals surface area contributed by atoms with Crippen LogP contribution in [0, 0.1) is 5.82 Å². The van der Waals surface area contributed by atoms with Crippen molar-refractivity contribution in [2.24, 2.45) is 0 Å². The SMILES string of the molecule is COC(=O)c1cc(F)cc2cc(C(F)(F)F)oc12. The molecule has 0 radical (unpaired) electrons. The second-order valence-electron chi connectivity index (χ2n) is 3.47. The van der Waals surface area contributed by atoms with Crippen LogP contribution in [-0.4, -0.2) is 13.1 Å². The summed E-state index contributed by atoms with van der Waals surface area (Å²) in [7, 11) is 1.03. The van der Waals surface area contributed by atoms with Crippen LogP contribution in [0.1, 0.15) is 16.1 Å². The second-order valence-corrected chi connectivity index (χ2v) is 3.47. The average Bonchev–Trinajstić information content (AvgIpc) is 2.70. The molecular formula is C11H6F4O3. The minimum absolute atomic E-state index is 0.150. The average molecular weight is 262 g/mol. The predicted octanol–water partition coefficient (Wildman–Crippen LogP) is 3.38. The molecule has 7 heteroatoms. The fourth-order valence-corrected chi connectivity index (χ4v) is 1.52. The van der Waals surface area contributed by atoms with Crippen molar-refractivity contribution >= 4 is 16.9 Å². The van der Waals surface area contributed by atoms with Crippen LogP contribution in [0.3, 0.4) is 0 Å². The van der Waals surface area contributed by atoms with Crippen molar-refractivity contribution in [3.63, 3.8) is 0 Å². The summed E-state index contributed by atoms with van der Waals surface area (Å²) in [6.07, 6.45) is -4.71. The van der Waals surface area contributed by atoms with E-state index in [2.05, 4.69) is 9.15 Å². The number of esters is 1. The number of halogens is 4. The first-order valence-corrected chi connectivity index (χ1v) is 4.71. The van der Waals surface area contributed by atoms with Crippen LogP contribution in [0.4, 0.5) is 17.6 Å². The van der Waals surface area contributed by atoms with Crippen LogP contribution in [0.15, 0.2) is 22.6 Å². The molecule has 3 nitrogen and oxygen atoms in total. The van der Waals surface area contributed by atoms with Crippen molar-refractivity contribution in [1.29, 1.82) is 0 Å². The van der Waals surface area contributed by atoms with Gasteiger partial charge >= 0.3 is 12.1 Å².